The molecule has 1 aliphatic heterocycles. The Morgan fingerprint density at radius 1 is 1.14 bits per heavy atom. The van der Waals surface area contributed by atoms with E-state index >= 15 is 0 Å². The van der Waals surface area contributed by atoms with Gasteiger partial charge in [-0.2, -0.15) is 5.10 Å². The van der Waals surface area contributed by atoms with Crippen LogP contribution in [0.3, 0.4) is 0 Å². The molecule has 0 radical (unpaired) electrons. The fraction of sp³-hybridized carbons (Fsp3) is 0.435. The first kappa shape index (κ1) is 30.4. The highest BCUT2D eigenvalue weighted by Gasteiger charge is 2.27. The summed E-state index contributed by atoms with van der Waals surface area (Å²) in [4.78, 5) is 51.5. The molecule has 4 amide bonds. The predicted octanol–water partition coefficient (Wildman–Crippen LogP) is 2.21. The number of aromatic nitrogens is 2. The zero-order valence-electron chi connectivity index (χ0n) is 20.3. The summed E-state index contributed by atoms with van der Waals surface area (Å²) in [6.45, 7) is 4.39. The van der Waals surface area contributed by atoms with Crippen LogP contribution < -0.4 is 21.7 Å². The second kappa shape index (κ2) is 13.6. The molecule has 1 aliphatic rings. The van der Waals surface area contributed by atoms with Crippen LogP contribution in [-0.2, 0) is 9.59 Å². The molecule has 2 heterocycles. The van der Waals surface area contributed by atoms with Gasteiger partial charge in [0.1, 0.15) is 0 Å². The first-order valence-electron chi connectivity index (χ1n) is 11.5. The number of nitrogens with zero attached hydrogens (tertiary/aromatic N) is 2. The molecular weight excluding hydrogens is 545 g/mol. The summed E-state index contributed by atoms with van der Waals surface area (Å²) in [5.74, 6) is -1.65. The summed E-state index contributed by atoms with van der Waals surface area (Å²) in [6, 6.07) is 3.84. The Bertz CT molecular complexity index is 1110. The van der Waals surface area contributed by atoms with Crippen LogP contribution in [0.5, 0.6) is 0 Å². The maximum Gasteiger partial charge on any atom is 0.274 e. The van der Waals surface area contributed by atoms with E-state index in [1.54, 1.807) is 11.0 Å². The molecule has 0 unspecified atom stereocenters. The topological polar surface area (TPSA) is 162 Å². The molecule has 0 saturated carbocycles. The molecule has 1 saturated heterocycles. The molecule has 0 aliphatic carbocycles. The number of nitrogens with one attached hydrogen (secondary N) is 4. The van der Waals surface area contributed by atoms with Gasteiger partial charge in [-0.05, 0) is 30.9 Å². The number of amides is 4. The van der Waals surface area contributed by atoms with E-state index in [-0.39, 0.29) is 69.7 Å². The second-order valence-electron chi connectivity index (χ2n) is 8.81. The summed E-state index contributed by atoms with van der Waals surface area (Å²) < 4.78 is 0. The van der Waals surface area contributed by atoms with Crippen molar-refractivity contribution in [2.75, 3.05) is 25.0 Å². The molecule has 11 nitrogen and oxygen atoms in total. The molecule has 1 aromatic heterocycles. The van der Waals surface area contributed by atoms with Crippen LogP contribution in [0.25, 0.3) is 0 Å². The van der Waals surface area contributed by atoms with Crippen molar-refractivity contribution >= 4 is 64.9 Å². The highest BCUT2D eigenvalue weighted by molar-refractivity contribution is 6.40. The van der Waals surface area contributed by atoms with Crippen molar-refractivity contribution in [1.82, 2.24) is 25.7 Å². The summed E-state index contributed by atoms with van der Waals surface area (Å²) in [6.07, 6.45) is 2.44. The van der Waals surface area contributed by atoms with E-state index in [1.165, 1.54) is 18.3 Å². The summed E-state index contributed by atoms with van der Waals surface area (Å²) in [5.41, 5.74) is 6.07. The van der Waals surface area contributed by atoms with Gasteiger partial charge in [0, 0.05) is 25.3 Å². The van der Waals surface area contributed by atoms with E-state index < -0.39 is 17.9 Å². The molecule has 0 spiro atoms. The van der Waals surface area contributed by atoms with Gasteiger partial charge < -0.3 is 26.6 Å². The molecule has 6 N–H and O–H groups in total. The van der Waals surface area contributed by atoms with Gasteiger partial charge in [0.2, 0.25) is 11.8 Å². The molecule has 14 heteroatoms. The molecule has 1 aromatic carbocycles. The average molecular weight is 575 g/mol. The van der Waals surface area contributed by atoms with Gasteiger partial charge in [-0.15, -0.1) is 12.4 Å². The number of benzene rings is 1. The van der Waals surface area contributed by atoms with Crippen molar-refractivity contribution in [3.8, 4) is 0 Å². The highest BCUT2D eigenvalue weighted by Crippen LogP contribution is 2.26. The van der Waals surface area contributed by atoms with Crippen molar-refractivity contribution in [2.24, 2.45) is 11.7 Å². The number of hydrogen-bond acceptors (Lipinski definition) is 6. The van der Waals surface area contributed by atoms with E-state index in [0.29, 0.717) is 25.9 Å². The van der Waals surface area contributed by atoms with Crippen LogP contribution in [0.4, 0.5) is 5.69 Å². The zero-order chi connectivity index (χ0) is 26.4. The minimum Gasteiger partial charge on any atom is -0.348 e. The van der Waals surface area contributed by atoms with Gasteiger partial charge in [-0.25, -0.2) is 0 Å². The van der Waals surface area contributed by atoms with Gasteiger partial charge >= 0.3 is 0 Å². The van der Waals surface area contributed by atoms with Crippen LogP contribution >= 0.6 is 35.6 Å². The standard InChI is InChI=1S/C23H29Cl2N7O4.ClH/c1-12(2)19(26)22(35)27-11-17(33)32-8-6-13(7-9-32)29-23(36)20-16(10-28-31-20)30-21(34)18-14(24)4-3-5-15(18)25;/h3-5,10,12-13,19H,6-9,11,26H2,1-2H3,(H,27,35)(H,28,31)(H,29,36)(H,30,34);1H/t19-;/m0./s1. The lowest BCUT2D eigenvalue weighted by Gasteiger charge is -2.32. The fourth-order valence-corrected chi connectivity index (χ4v) is 4.25. The average Bonchev–Trinajstić information content (AvgIpc) is 3.30. The van der Waals surface area contributed by atoms with Gasteiger partial charge in [-0.3, -0.25) is 24.3 Å². The van der Waals surface area contributed by atoms with Gasteiger partial charge in [0.25, 0.3) is 11.8 Å². The Morgan fingerprint density at radius 2 is 1.76 bits per heavy atom. The number of rotatable bonds is 8. The lowest BCUT2D eigenvalue weighted by atomic mass is 10.0. The fourth-order valence-electron chi connectivity index (χ4n) is 3.68. The highest BCUT2D eigenvalue weighted by atomic mass is 35.5. The Kier molecular flexibility index (Phi) is 11.2. The van der Waals surface area contributed by atoms with E-state index in [1.807, 2.05) is 13.8 Å². The normalized spacial score (nSPS) is 14.5. The number of anilines is 1. The lowest BCUT2D eigenvalue weighted by Crippen LogP contribution is -2.51. The van der Waals surface area contributed by atoms with Gasteiger partial charge in [0.05, 0.1) is 33.9 Å². The van der Waals surface area contributed by atoms with E-state index in [9.17, 15) is 19.2 Å². The van der Waals surface area contributed by atoms with Crippen molar-refractivity contribution in [2.45, 2.75) is 38.8 Å². The molecule has 1 fully saturated rings. The first-order valence-corrected chi connectivity index (χ1v) is 12.2. The van der Waals surface area contributed by atoms with E-state index in [2.05, 4.69) is 26.1 Å². The molecule has 202 valence electrons. The number of halogens is 3. The molecule has 37 heavy (non-hydrogen) atoms. The van der Waals surface area contributed by atoms with E-state index in [4.69, 9.17) is 28.9 Å². The van der Waals surface area contributed by atoms with Crippen molar-refractivity contribution in [3.05, 3.63) is 45.7 Å². The van der Waals surface area contributed by atoms with Crippen molar-refractivity contribution in [3.63, 3.8) is 0 Å². The molecular formula is C23H30Cl3N7O4. The predicted molar refractivity (Wildman–Crippen MR) is 143 cm³/mol. The molecule has 0 bridgehead atoms. The molecule has 3 rings (SSSR count). The van der Waals surface area contributed by atoms with Crippen molar-refractivity contribution in [1.29, 1.82) is 0 Å². The Labute approximate surface area is 230 Å². The maximum absolute atomic E-state index is 12.8. The van der Waals surface area contributed by atoms with Gasteiger partial charge in [-0.1, -0.05) is 43.1 Å². The number of carbonyl (C=O) groups excluding carboxylic acids is 4. The summed E-state index contributed by atoms with van der Waals surface area (Å²) in [5, 5.41) is 15.0. The third-order valence-electron chi connectivity index (χ3n) is 5.91. The molecule has 2 aromatic rings. The van der Waals surface area contributed by atoms with Crippen LogP contribution in [0.1, 0.15) is 47.5 Å². The Morgan fingerprint density at radius 3 is 2.35 bits per heavy atom. The number of likely N-dealkylation sites (tertiary alicyclic amines) is 1. The third-order valence-corrected chi connectivity index (χ3v) is 6.54. The van der Waals surface area contributed by atoms with Crippen LogP contribution in [0, 0.1) is 5.92 Å². The lowest BCUT2D eigenvalue weighted by molar-refractivity contribution is -0.134. The monoisotopic (exact) mass is 573 g/mol. The molecule has 1 atom stereocenters. The number of hydrogen-bond donors (Lipinski definition) is 5. The Balaban J connectivity index is 0.00000481. The maximum atomic E-state index is 12.8. The summed E-state index contributed by atoms with van der Waals surface area (Å²) in [7, 11) is 0. The second-order valence-corrected chi connectivity index (χ2v) is 9.63. The number of aromatic amines is 1. The zero-order valence-corrected chi connectivity index (χ0v) is 22.7. The third kappa shape index (κ3) is 7.81. The minimum atomic E-state index is -0.669. The van der Waals surface area contributed by atoms with Crippen LogP contribution in [0.15, 0.2) is 24.4 Å². The Hall–Kier alpha value is -2.86. The number of piperidine rings is 1. The summed E-state index contributed by atoms with van der Waals surface area (Å²) >= 11 is 12.2. The van der Waals surface area contributed by atoms with Crippen molar-refractivity contribution < 1.29 is 19.2 Å². The number of H-pyrrole nitrogens is 1. The number of nitrogens with two attached hydrogens (primary N) is 1. The first-order chi connectivity index (χ1) is 17.1. The quantitative estimate of drug-likeness (QED) is 0.325. The van der Waals surface area contributed by atoms with Crippen LogP contribution in [-0.4, -0.2) is 70.4 Å². The minimum absolute atomic E-state index is 0. The SMILES string of the molecule is CC(C)[C@H](N)C(=O)NCC(=O)N1CCC(NC(=O)c2n[nH]cc2NC(=O)c2c(Cl)cccc2Cl)CC1.Cl. The smallest absolute Gasteiger partial charge is 0.274 e. The number of carbonyl (C=O) groups is 4. The largest absolute Gasteiger partial charge is 0.348 e. The van der Waals surface area contributed by atoms with E-state index in [0.717, 1.165) is 0 Å². The van der Waals surface area contributed by atoms with Gasteiger partial charge in [0.15, 0.2) is 5.69 Å². The van der Waals surface area contributed by atoms with Crippen LogP contribution in [0.2, 0.25) is 10.0 Å².